The van der Waals surface area contributed by atoms with E-state index in [4.69, 9.17) is 8.94 Å². The second-order valence-electron chi connectivity index (χ2n) is 4.29. The van der Waals surface area contributed by atoms with E-state index >= 15 is 0 Å². The van der Waals surface area contributed by atoms with E-state index in [-0.39, 0.29) is 12.2 Å². The average molecular weight is 304 g/mol. The first-order valence-electron chi connectivity index (χ1n) is 6.24. The highest BCUT2D eigenvalue weighted by Gasteiger charge is 2.16. The van der Waals surface area contributed by atoms with Crippen LogP contribution in [0, 0.1) is 0 Å². The zero-order valence-electron chi connectivity index (χ0n) is 10.9. The lowest BCUT2D eigenvalue weighted by Gasteiger charge is -2.08. The Bertz CT molecular complexity index is 703. The van der Waals surface area contributed by atoms with Crippen molar-refractivity contribution >= 4 is 17.2 Å². The summed E-state index contributed by atoms with van der Waals surface area (Å²) in [5.41, 5.74) is 0.139. The standard InChI is InChI=1S/C14H12N2O4S/c17-10(13-4-2-6-21-13)8-15-14(18)9-7-12(20-16-9)11-3-1-5-19-11/h1-7,10,17H,8H2,(H,15,18). The van der Waals surface area contributed by atoms with E-state index in [9.17, 15) is 9.90 Å². The number of aromatic nitrogens is 1. The maximum Gasteiger partial charge on any atom is 0.273 e. The third-order valence-corrected chi connectivity index (χ3v) is 3.81. The molecule has 7 heteroatoms. The summed E-state index contributed by atoms with van der Waals surface area (Å²) in [7, 11) is 0. The van der Waals surface area contributed by atoms with Crippen molar-refractivity contribution in [3.05, 3.63) is 52.5 Å². The number of amides is 1. The zero-order valence-corrected chi connectivity index (χ0v) is 11.7. The first-order chi connectivity index (χ1) is 10.2. The van der Waals surface area contributed by atoms with Crippen molar-refractivity contribution in [2.75, 3.05) is 6.54 Å². The van der Waals surface area contributed by atoms with Gasteiger partial charge in [0.25, 0.3) is 5.91 Å². The summed E-state index contributed by atoms with van der Waals surface area (Å²) in [6.45, 7) is 0.113. The maximum absolute atomic E-state index is 11.9. The van der Waals surface area contributed by atoms with E-state index in [1.165, 1.54) is 23.7 Å². The minimum Gasteiger partial charge on any atom is -0.461 e. The van der Waals surface area contributed by atoms with Gasteiger partial charge in [0, 0.05) is 17.5 Å². The predicted octanol–water partition coefficient (Wildman–Crippen LogP) is 2.46. The Kier molecular flexibility index (Phi) is 3.85. The van der Waals surface area contributed by atoms with Gasteiger partial charge in [-0.15, -0.1) is 11.3 Å². The third kappa shape index (κ3) is 3.04. The van der Waals surface area contributed by atoms with Crippen LogP contribution in [0.3, 0.4) is 0 Å². The van der Waals surface area contributed by atoms with Crippen LogP contribution in [0.25, 0.3) is 11.5 Å². The highest BCUT2D eigenvalue weighted by Crippen LogP contribution is 2.21. The van der Waals surface area contributed by atoms with Crippen molar-refractivity contribution < 1.29 is 18.8 Å². The number of nitrogens with one attached hydrogen (secondary N) is 1. The topological polar surface area (TPSA) is 88.5 Å². The van der Waals surface area contributed by atoms with E-state index in [0.717, 1.165) is 4.88 Å². The lowest BCUT2D eigenvalue weighted by Crippen LogP contribution is -2.28. The monoisotopic (exact) mass is 304 g/mol. The first-order valence-corrected chi connectivity index (χ1v) is 7.12. The van der Waals surface area contributed by atoms with Gasteiger partial charge in [-0.1, -0.05) is 11.2 Å². The van der Waals surface area contributed by atoms with Crippen molar-refractivity contribution in [3.63, 3.8) is 0 Å². The lowest BCUT2D eigenvalue weighted by molar-refractivity contribution is 0.0909. The summed E-state index contributed by atoms with van der Waals surface area (Å²) in [6.07, 6.45) is 0.778. The SMILES string of the molecule is O=C(NCC(O)c1cccs1)c1cc(-c2ccco2)on1. The molecule has 108 valence electrons. The number of nitrogens with zero attached hydrogens (tertiary/aromatic N) is 1. The fourth-order valence-electron chi connectivity index (χ4n) is 1.78. The third-order valence-electron chi connectivity index (χ3n) is 2.83. The minimum atomic E-state index is -0.731. The smallest absolute Gasteiger partial charge is 0.273 e. The molecule has 0 saturated heterocycles. The summed E-state index contributed by atoms with van der Waals surface area (Å²) < 4.78 is 10.2. The summed E-state index contributed by atoms with van der Waals surface area (Å²) in [5.74, 6) is 0.469. The number of carbonyl (C=O) groups is 1. The van der Waals surface area contributed by atoms with Gasteiger partial charge in [-0.05, 0) is 23.6 Å². The van der Waals surface area contributed by atoms with E-state index in [1.54, 1.807) is 12.1 Å². The van der Waals surface area contributed by atoms with Gasteiger partial charge >= 0.3 is 0 Å². The van der Waals surface area contributed by atoms with Crippen LogP contribution in [0.4, 0.5) is 0 Å². The fourth-order valence-corrected chi connectivity index (χ4v) is 2.49. The van der Waals surface area contributed by atoms with Crippen LogP contribution in [-0.2, 0) is 0 Å². The number of carbonyl (C=O) groups excluding carboxylic acids is 1. The molecular formula is C14H12N2O4S. The number of thiophene rings is 1. The van der Waals surface area contributed by atoms with Crippen LogP contribution in [0.2, 0.25) is 0 Å². The molecule has 6 nitrogen and oxygen atoms in total. The molecule has 21 heavy (non-hydrogen) atoms. The molecule has 1 amide bonds. The van der Waals surface area contributed by atoms with Crippen LogP contribution >= 0.6 is 11.3 Å². The van der Waals surface area contributed by atoms with Crippen LogP contribution < -0.4 is 5.32 Å². The Morgan fingerprint density at radius 1 is 1.38 bits per heavy atom. The largest absolute Gasteiger partial charge is 0.461 e. The highest BCUT2D eigenvalue weighted by molar-refractivity contribution is 7.10. The normalized spacial score (nSPS) is 12.2. The van der Waals surface area contributed by atoms with E-state index in [2.05, 4.69) is 10.5 Å². The summed E-state index contributed by atoms with van der Waals surface area (Å²) >= 11 is 1.43. The van der Waals surface area contributed by atoms with Crippen LogP contribution in [-0.4, -0.2) is 22.7 Å². The summed E-state index contributed by atoms with van der Waals surface area (Å²) in [5, 5.41) is 18.1. The van der Waals surface area contributed by atoms with Gasteiger partial charge in [0.2, 0.25) is 5.76 Å². The molecule has 3 aromatic heterocycles. The summed E-state index contributed by atoms with van der Waals surface area (Å²) in [6, 6.07) is 8.58. The fraction of sp³-hybridized carbons (Fsp3) is 0.143. The molecule has 3 aromatic rings. The quantitative estimate of drug-likeness (QED) is 0.756. The van der Waals surface area contributed by atoms with Crippen LogP contribution in [0.15, 0.2) is 50.9 Å². The Labute approximate surface area is 124 Å². The van der Waals surface area contributed by atoms with Gasteiger partial charge in [0.15, 0.2) is 11.5 Å². The average Bonchev–Trinajstić information content (AvgIpc) is 3.25. The van der Waals surface area contributed by atoms with E-state index in [0.29, 0.717) is 11.5 Å². The molecule has 0 fully saturated rings. The van der Waals surface area contributed by atoms with Crippen molar-refractivity contribution in [2.45, 2.75) is 6.10 Å². The van der Waals surface area contributed by atoms with Gasteiger partial charge < -0.3 is 19.4 Å². The van der Waals surface area contributed by atoms with Crippen molar-refractivity contribution in [1.29, 1.82) is 0 Å². The number of aliphatic hydroxyl groups excluding tert-OH is 1. The Morgan fingerprint density at radius 2 is 2.29 bits per heavy atom. The Morgan fingerprint density at radius 3 is 3.00 bits per heavy atom. The second-order valence-corrected chi connectivity index (χ2v) is 5.27. The molecular weight excluding hydrogens is 292 g/mol. The molecule has 2 N–H and O–H groups in total. The van der Waals surface area contributed by atoms with Crippen molar-refractivity contribution in [1.82, 2.24) is 10.5 Å². The maximum atomic E-state index is 11.9. The molecule has 0 spiro atoms. The van der Waals surface area contributed by atoms with Crippen molar-refractivity contribution in [2.24, 2.45) is 0 Å². The van der Waals surface area contributed by atoms with Crippen LogP contribution in [0.5, 0.6) is 0 Å². The van der Waals surface area contributed by atoms with Crippen molar-refractivity contribution in [3.8, 4) is 11.5 Å². The molecule has 0 saturated carbocycles. The predicted molar refractivity (Wildman–Crippen MR) is 75.8 cm³/mol. The number of hydrogen-bond acceptors (Lipinski definition) is 6. The van der Waals surface area contributed by atoms with Gasteiger partial charge in [0.05, 0.1) is 6.26 Å². The molecule has 0 aliphatic rings. The zero-order chi connectivity index (χ0) is 14.7. The van der Waals surface area contributed by atoms with Gasteiger partial charge in [-0.25, -0.2) is 0 Å². The summed E-state index contributed by atoms with van der Waals surface area (Å²) in [4.78, 5) is 12.7. The number of hydrogen-bond donors (Lipinski definition) is 2. The lowest BCUT2D eigenvalue weighted by atomic mass is 10.2. The molecule has 1 unspecified atom stereocenters. The Hall–Kier alpha value is -2.38. The Balaban J connectivity index is 1.61. The van der Waals surface area contributed by atoms with Gasteiger partial charge in [-0.3, -0.25) is 4.79 Å². The molecule has 0 aliphatic heterocycles. The highest BCUT2D eigenvalue weighted by atomic mass is 32.1. The molecule has 3 heterocycles. The van der Waals surface area contributed by atoms with Gasteiger partial charge in [-0.2, -0.15) is 0 Å². The molecule has 0 radical (unpaired) electrons. The molecule has 0 aromatic carbocycles. The molecule has 3 rings (SSSR count). The minimum absolute atomic E-state index is 0.113. The van der Waals surface area contributed by atoms with Gasteiger partial charge in [0.1, 0.15) is 6.10 Å². The second kappa shape index (κ2) is 5.94. The molecule has 0 bridgehead atoms. The van der Waals surface area contributed by atoms with E-state index < -0.39 is 12.0 Å². The number of furan rings is 1. The number of aliphatic hydroxyl groups is 1. The van der Waals surface area contributed by atoms with Crippen LogP contribution in [0.1, 0.15) is 21.5 Å². The van der Waals surface area contributed by atoms with E-state index in [1.807, 2.05) is 17.5 Å². The molecule has 1 atom stereocenters. The number of rotatable bonds is 5. The molecule has 0 aliphatic carbocycles. The first kappa shape index (κ1) is 13.6.